The van der Waals surface area contributed by atoms with E-state index in [1.807, 2.05) is 6.07 Å². The predicted molar refractivity (Wildman–Crippen MR) is 163 cm³/mol. The number of carbonyl (C=O) groups is 3. The van der Waals surface area contributed by atoms with Gasteiger partial charge in [-0.05, 0) is 53.2 Å². The number of halogens is 1. The second-order valence-corrected chi connectivity index (χ2v) is 12.5. The number of aryl methyl sites for hydroxylation is 1. The maximum absolute atomic E-state index is 14.0. The van der Waals surface area contributed by atoms with Crippen molar-refractivity contribution in [2.24, 2.45) is 5.41 Å². The maximum atomic E-state index is 14.0. The number of anilines is 1. The zero-order valence-corrected chi connectivity index (χ0v) is 26.1. The van der Waals surface area contributed by atoms with Crippen LogP contribution >= 0.6 is 15.9 Å². The van der Waals surface area contributed by atoms with E-state index in [1.165, 1.54) is 11.6 Å². The van der Waals surface area contributed by atoms with E-state index in [-0.39, 0.29) is 41.3 Å². The molecule has 0 bridgehead atoms. The van der Waals surface area contributed by atoms with Gasteiger partial charge in [0.15, 0.2) is 11.6 Å². The van der Waals surface area contributed by atoms with Crippen molar-refractivity contribution in [2.45, 2.75) is 58.7 Å². The quantitative estimate of drug-likeness (QED) is 0.182. The van der Waals surface area contributed by atoms with Gasteiger partial charge in [0.05, 0.1) is 17.4 Å². The Morgan fingerprint density at radius 1 is 1.13 bits per heavy atom. The predicted octanol–water partition coefficient (Wildman–Crippen LogP) is 2.68. The lowest BCUT2D eigenvalue weighted by Gasteiger charge is -2.27. The van der Waals surface area contributed by atoms with Crippen molar-refractivity contribution in [1.29, 1.82) is 0 Å². The lowest BCUT2D eigenvalue weighted by molar-refractivity contribution is -0.138. The third kappa shape index (κ3) is 5.34. The molecule has 228 valence electrons. The fraction of sp³-hybridized carbons (Fsp3) is 0.345. The molecular weight excluding hydrogens is 644 g/mol. The highest BCUT2D eigenvalue weighted by atomic mass is 79.9. The maximum Gasteiger partial charge on any atom is 0.248 e. The minimum Gasteiger partial charge on any atom is -0.325 e. The topological polar surface area (TPSA) is 190 Å². The van der Waals surface area contributed by atoms with Crippen LogP contribution in [-0.4, -0.2) is 84.9 Å². The van der Waals surface area contributed by atoms with Gasteiger partial charge in [0.2, 0.25) is 11.8 Å². The van der Waals surface area contributed by atoms with Crippen molar-refractivity contribution >= 4 is 50.2 Å². The zero-order valence-electron chi connectivity index (χ0n) is 24.5. The third-order valence-electron chi connectivity index (χ3n) is 8.48. The molecule has 3 atom stereocenters. The molecule has 1 saturated carbocycles. The lowest BCUT2D eigenvalue weighted by Crippen LogP contribution is -2.47. The molecule has 0 aromatic carbocycles. The average Bonchev–Trinajstić information content (AvgIpc) is 3.37. The number of pyridine rings is 2. The number of ketones is 1. The Balaban J connectivity index is 1.15. The van der Waals surface area contributed by atoms with Crippen LogP contribution in [0.25, 0.3) is 22.2 Å². The van der Waals surface area contributed by atoms with Gasteiger partial charge in [-0.15, -0.1) is 10.2 Å². The Morgan fingerprint density at radius 2 is 1.93 bits per heavy atom. The van der Waals surface area contributed by atoms with Gasteiger partial charge in [0.25, 0.3) is 0 Å². The van der Waals surface area contributed by atoms with Gasteiger partial charge in [-0.1, -0.05) is 18.2 Å². The van der Waals surface area contributed by atoms with Crippen LogP contribution in [0.3, 0.4) is 0 Å². The molecule has 7 rings (SSSR count). The number of aromatic amines is 1. The van der Waals surface area contributed by atoms with Crippen molar-refractivity contribution in [3.05, 3.63) is 64.3 Å². The molecule has 2 aliphatic rings. The molecule has 5 aromatic rings. The summed E-state index contributed by atoms with van der Waals surface area (Å²) in [6.07, 6.45) is 6.56. The first-order valence-electron chi connectivity index (χ1n) is 14.3. The number of amides is 2. The molecule has 6 heterocycles. The molecule has 5 aromatic heterocycles. The van der Waals surface area contributed by atoms with Gasteiger partial charge in [-0.3, -0.25) is 24.0 Å². The van der Waals surface area contributed by atoms with Crippen LogP contribution in [0.2, 0.25) is 0 Å². The summed E-state index contributed by atoms with van der Waals surface area (Å²) < 4.78 is 2.03. The number of hydrogen-bond donors (Lipinski definition) is 2. The standard InChI is InChI=1S/C29H27BrN12O3/c1-14(43)26-18-7-19(17-10-31-15(2)32-11-17)33-12-21(18)41(38-26)13-25(44)42-20(8-29(3)9-22(29)42)28(45)35-27-16(4-5-23(30)34-27)6-24-36-39-40-37-24/h4-5,7,10-12,20,22H,6,8-9,13H2,1-3H3,(H,34,35,45)(H,36,37,39,40)/t20-,22?,29-/m0/s1. The van der Waals surface area contributed by atoms with Gasteiger partial charge >= 0.3 is 0 Å². The van der Waals surface area contributed by atoms with Gasteiger partial charge in [0, 0.05) is 48.3 Å². The molecule has 1 unspecified atom stereocenters. The first-order chi connectivity index (χ1) is 21.6. The Labute approximate surface area is 264 Å². The number of piperidine rings is 1. The Kier molecular flexibility index (Phi) is 6.95. The molecule has 16 heteroatoms. The summed E-state index contributed by atoms with van der Waals surface area (Å²) in [5, 5.41) is 22.0. The number of nitrogens with one attached hydrogen (secondary N) is 2. The number of nitrogens with zero attached hydrogens (tertiary/aromatic N) is 10. The van der Waals surface area contributed by atoms with Crippen LogP contribution in [0.15, 0.2) is 41.4 Å². The highest BCUT2D eigenvalue weighted by molar-refractivity contribution is 9.10. The lowest BCUT2D eigenvalue weighted by atomic mass is 10.0. The van der Waals surface area contributed by atoms with E-state index < -0.39 is 6.04 Å². The summed E-state index contributed by atoms with van der Waals surface area (Å²) in [4.78, 5) is 59.4. The van der Waals surface area contributed by atoms with Crippen LogP contribution < -0.4 is 5.32 Å². The molecule has 45 heavy (non-hydrogen) atoms. The van der Waals surface area contributed by atoms with Crippen molar-refractivity contribution in [1.82, 2.24) is 55.2 Å². The first kappa shape index (κ1) is 28.8. The van der Waals surface area contributed by atoms with E-state index in [9.17, 15) is 14.4 Å². The monoisotopic (exact) mass is 670 g/mol. The number of aromatic nitrogens is 10. The summed E-state index contributed by atoms with van der Waals surface area (Å²) in [6, 6.07) is 4.56. The minimum atomic E-state index is -0.708. The number of tetrazole rings is 1. The number of fused-ring (bicyclic) bond motifs is 2. The van der Waals surface area contributed by atoms with E-state index in [4.69, 9.17) is 0 Å². The molecule has 1 saturated heterocycles. The molecule has 15 nitrogen and oxygen atoms in total. The second-order valence-electron chi connectivity index (χ2n) is 11.7. The number of rotatable bonds is 8. The molecule has 1 aliphatic heterocycles. The first-order valence-corrected chi connectivity index (χ1v) is 15.1. The van der Waals surface area contributed by atoms with Gasteiger partial charge in [0.1, 0.15) is 34.5 Å². The molecule has 2 N–H and O–H groups in total. The summed E-state index contributed by atoms with van der Waals surface area (Å²) in [5.41, 5.74) is 2.59. The van der Waals surface area contributed by atoms with Crippen LogP contribution in [0.5, 0.6) is 0 Å². The van der Waals surface area contributed by atoms with Crippen molar-refractivity contribution in [2.75, 3.05) is 5.32 Å². The summed E-state index contributed by atoms with van der Waals surface area (Å²) >= 11 is 3.38. The number of carbonyl (C=O) groups excluding carboxylic acids is 3. The van der Waals surface area contributed by atoms with E-state index in [0.29, 0.717) is 62.6 Å². The molecule has 2 amide bonds. The SMILES string of the molecule is CC(=O)c1nn(CC(=O)N2C3C[C@]3(C)C[C@H]2C(=O)Nc2nc(Br)ccc2Cc2nn[nH]n2)c2cnc(-c3cnc(C)nc3)cc12. The van der Waals surface area contributed by atoms with Crippen LogP contribution in [0.1, 0.15) is 54.4 Å². The van der Waals surface area contributed by atoms with E-state index >= 15 is 0 Å². The molecule has 2 fully saturated rings. The number of hydrogen-bond acceptors (Lipinski definition) is 11. The Morgan fingerprint density at radius 3 is 2.67 bits per heavy atom. The number of Topliss-reactive ketones (excluding diaryl/α,β-unsaturated/α-hetero) is 1. The molecular formula is C29H27BrN12O3. The van der Waals surface area contributed by atoms with Crippen molar-refractivity contribution in [3.63, 3.8) is 0 Å². The van der Waals surface area contributed by atoms with Gasteiger partial charge in [-0.25, -0.2) is 15.0 Å². The fourth-order valence-electron chi connectivity index (χ4n) is 6.05. The smallest absolute Gasteiger partial charge is 0.248 e. The Hall–Kier alpha value is -4.99. The van der Waals surface area contributed by atoms with Crippen LogP contribution in [0, 0.1) is 12.3 Å². The molecule has 1 aliphatic carbocycles. The third-order valence-corrected chi connectivity index (χ3v) is 8.92. The average molecular weight is 672 g/mol. The highest BCUT2D eigenvalue weighted by Gasteiger charge is 2.64. The molecule has 0 spiro atoms. The van der Waals surface area contributed by atoms with E-state index in [1.54, 1.807) is 42.5 Å². The van der Waals surface area contributed by atoms with Crippen molar-refractivity contribution in [3.8, 4) is 11.3 Å². The van der Waals surface area contributed by atoms with Crippen molar-refractivity contribution < 1.29 is 14.4 Å². The molecule has 0 radical (unpaired) electrons. The normalized spacial score (nSPS) is 20.3. The van der Waals surface area contributed by atoms with Gasteiger partial charge < -0.3 is 10.2 Å². The van der Waals surface area contributed by atoms with Gasteiger partial charge in [-0.2, -0.15) is 10.3 Å². The summed E-state index contributed by atoms with van der Waals surface area (Å²) in [5.74, 6) is 0.584. The highest BCUT2D eigenvalue weighted by Crippen LogP contribution is 2.59. The fourth-order valence-corrected chi connectivity index (χ4v) is 6.36. The number of likely N-dealkylation sites (tertiary alicyclic amines) is 1. The summed E-state index contributed by atoms with van der Waals surface area (Å²) in [7, 11) is 0. The number of H-pyrrole nitrogens is 1. The Bertz CT molecular complexity index is 1980. The van der Waals surface area contributed by atoms with Crippen LogP contribution in [0.4, 0.5) is 5.82 Å². The van der Waals surface area contributed by atoms with E-state index in [0.717, 1.165) is 6.42 Å². The van der Waals surface area contributed by atoms with Crippen LogP contribution in [-0.2, 0) is 22.6 Å². The minimum absolute atomic E-state index is 0.0737. The van der Waals surface area contributed by atoms with E-state index in [2.05, 4.69) is 73.8 Å². The zero-order chi connectivity index (χ0) is 31.5. The largest absolute Gasteiger partial charge is 0.325 e. The second kappa shape index (κ2) is 10.9. The summed E-state index contributed by atoms with van der Waals surface area (Å²) in [6.45, 7) is 5.15.